The second-order valence-corrected chi connectivity index (χ2v) is 9.22. The lowest BCUT2D eigenvalue weighted by molar-refractivity contribution is -0.0379. The monoisotopic (exact) mass is 378 g/mol. The van der Waals surface area contributed by atoms with Crippen LogP contribution in [0, 0.1) is 0 Å². The fourth-order valence-corrected chi connectivity index (χ4v) is 4.75. The van der Waals surface area contributed by atoms with Gasteiger partial charge in [0.1, 0.15) is 11.2 Å². The van der Waals surface area contributed by atoms with Crippen LogP contribution in [-0.2, 0) is 17.8 Å². The number of hydrogen-bond donors (Lipinski definition) is 0. The zero-order valence-electron chi connectivity index (χ0n) is 16.0. The number of rotatable bonds is 2. The zero-order chi connectivity index (χ0) is 18.8. The number of benzene rings is 1. The molecule has 5 rings (SSSR count). The minimum absolute atomic E-state index is 0.163. The lowest BCUT2D eigenvalue weighted by Gasteiger charge is -2.30. The van der Waals surface area contributed by atoms with Crippen molar-refractivity contribution in [3.05, 3.63) is 46.6 Å². The van der Waals surface area contributed by atoms with Crippen LogP contribution >= 0.6 is 11.3 Å². The Morgan fingerprint density at radius 3 is 2.70 bits per heavy atom. The second-order valence-electron chi connectivity index (χ2n) is 8.13. The molecule has 0 N–H and O–H groups in total. The van der Waals surface area contributed by atoms with Gasteiger partial charge in [0, 0.05) is 16.9 Å². The van der Waals surface area contributed by atoms with E-state index in [0.717, 1.165) is 33.7 Å². The first-order valence-electron chi connectivity index (χ1n) is 9.31. The van der Waals surface area contributed by atoms with Gasteiger partial charge in [-0.3, -0.25) is 0 Å². The van der Waals surface area contributed by atoms with E-state index in [1.54, 1.807) is 17.7 Å². The Kier molecular flexibility index (Phi) is 3.64. The fraction of sp³-hybridized carbons (Fsp3) is 0.381. The molecule has 0 saturated carbocycles. The van der Waals surface area contributed by atoms with Crippen molar-refractivity contribution < 1.29 is 4.74 Å². The summed E-state index contributed by atoms with van der Waals surface area (Å²) in [6, 6.07) is 8.53. The zero-order valence-corrected chi connectivity index (χ0v) is 16.8. The first-order chi connectivity index (χ1) is 12.9. The molecular weight excluding hydrogens is 356 g/mol. The average Bonchev–Trinajstić information content (AvgIpc) is 3.21. The minimum atomic E-state index is -0.163. The van der Waals surface area contributed by atoms with Crippen molar-refractivity contribution in [2.75, 3.05) is 0 Å². The summed E-state index contributed by atoms with van der Waals surface area (Å²) in [4.78, 5) is 11.8. The van der Waals surface area contributed by atoms with Gasteiger partial charge in [-0.25, -0.2) is 14.5 Å². The van der Waals surface area contributed by atoms with Crippen molar-refractivity contribution in [1.29, 1.82) is 0 Å². The minimum Gasteiger partial charge on any atom is -0.370 e. The molecule has 1 aliphatic rings. The van der Waals surface area contributed by atoms with Crippen molar-refractivity contribution in [2.24, 2.45) is 0 Å². The Morgan fingerprint density at radius 2 is 1.96 bits per heavy atom. The van der Waals surface area contributed by atoms with Gasteiger partial charge < -0.3 is 4.74 Å². The van der Waals surface area contributed by atoms with Crippen LogP contribution in [0.25, 0.3) is 27.3 Å². The van der Waals surface area contributed by atoms with E-state index >= 15 is 0 Å². The van der Waals surface area contributed by atoms with E-state index in [4.69, 9.17) is 9.72 Å². The summed E-state index contributed by atoms with van der Waals surface area (Å²) in [5.74, 6) is 1.26. The molecule has 1 aromatic carbocycles. The van der Waals surface area contributed by atoms with Crippen LogP contribution in [0.1, 0.15) is 49.6 Å². The summed E-state index contributed by atoms with van der Waals surface area (Å²) in [7, 11) is 0. The van der Waals surface area contributed by atoms with E-state index in [1.165, 1.54) is 16.0 Å². The molecule has 138 valence electrons. The Labute approximate surface area is 162 Å². The molecule has 0 saturated heterocycles. The maximum absolute atomic E-state index is 5.98. The van der Waals surface area contributed by atoms with E-state index in [0.29, 0.717) is 12.5 Å². The van der Waals surface area contributed by atoms with E-state index in [9.17, 15) is 0 Å². The number of aromatic nitrogens is 4. The van der Waals surface area contributed by atoms with Crippen LogP contribution in [0.2, 0.25) is 0 Å². The smallest absolute Gasteiger partial charge is 0.182 e. The van der Waals surface area contributed by atoms with Crippen molar-refractivity contribution in [3.63, 3.8) is 0 Å². The van der Waals surface area contributed by atoms with Gasteiger partial charge in [0.2, 0.25) is 0 Å². The standard InChI is InChI=1S/C21H22N4OS/c1-12(2)13-5-7-14(8-6-13)18-23-19-17-15-9-21(3,4)26-10-16(15)27-20(17)22-11-25(19)24-18/h5-8,11-12H,9-10H2,1-4H3. The van der Waals surface area contributed by atoms with Crippen LogP contribution < -0.4 is 0 Å². The van der Waals surface area contributed by atoms with Crippen LogP contribution in [0.15, 0.2) is 30.6 Å². The molecule has 3 aromatic heterocycles. The molecule has 0 fully saturated rings. The summed E-state index contributed by atoms with van der Waals surface area (Å²) in [5, 5.41) is 5.82. The third kappa shape index (κ3) is 2.75. The Balaban J connectivity index is 1.67. The van der Waals surface area contributed by atoms with E-state index in [2.05, 4.69) is 62.0 Å². The van der Waals surface area contributed by atoms with Crippen molar-refractivity contribution >= 4 is 27.2 Å². The van der Waals surface area contributed by atoms with Crippen LogP contribution in [0.3, 0.4) is 0 Å². The molecule has 5 nitrogen and oxygen atoms in total. The van der Waals surface area contributed by atoms with Crippen molar-refractivity contribution in [3.8, 4) is 11.4 Å². The molecule has 0 atom stereocenters. The highest BCUT2D eigenvalue weighted by atomic mass is 32.1. The van der Waals surface area contributed by atoms with E-state index < -0.39 is 0 Å². The molecule has 6 heteroatoms. The van der Waals surface area contributed by atoms with Gasteiger partial charge in [0.05, 0.1) is 17.6 Å². The first-order valence-corrected chi connectivity index (χ1v) is 10.1. The first kappa shape index (κ1) is 16.8. The van der Waals surface area contributed by atoms with Gasteiger partial charge in [-0.1, -0.05) is 38.1 Å². The molecule has 1 aliphatic heterocycles. The molecule has 4 aromatic rings. The summed E-state index contributed by atoms with van der Waals surface area (Å²) >= 11 is 1.71. The summed E-state index contributed by atoms with van der Waals surface area (Å²) < 4.78 is 7.79. The Bertz CT molecular complexity index is 1150. The maximum atomic E-state index is 5.98. The second kappa shape index (κ2) is 5.84. The number of thiophene rings is 1. The molecule has 0 amide bonds. The molecule has 0 radical (unpaired) electrons. The Hall–Kier alpha value is -2.31. The molecule has 0 aliphatic carbocycles. The molecular formula is C21H22N4OS. The highest BCUT2D eigenvalue weighted by Gasteiger charge is 2.30. The van der Waals surface area contributed by atoms with Gasteiger partial charge >= 0.3 is 0 Å². The lowest BCUT2D eigenvalue weighted by Crippen LogP contribution is -2.31. The SMILES string of the molecule is CC(C)c1ccc(-c2nc3c4c5c(sc4ncn3n2)COC(C)(C)C5)cc1. The number of ether oxygens (including phenoxy) is 1. The Morgan fingerprint density at radius 1 is 1.19 bits per heavy atom. The van der Waals surface area contributed by atoms with E-state index in [-0.39, 0.29) is 5.60 Å². The van der Waals surface area contributed by atoms with Crippen molar-refractivity contribution in [2.45, 2.75) is 52.2 Å². The predicted molar refractivity (Wildman–Crippen MR) is 108 cm³/mol. The van der Waals surface area contributed by atoms with Crippen LogP contribution in [-0.4, -0.2) is 25.2 Å². The highest BCUT2D eigenvalue weighted by molar-refractivity contribution is 7.19. The summed E-state index contributed by atoms with van der Waals surface area (Å²) in [5.41, 5.74) is 4.39. The highest BCUT2D eigenvalue weighted by Crippen LogP contribution is 2.39. The third-order valence-electron chi connectivity index (χ3n) is 5.24. The van der Waals surface area contributed by atoms with Gasteiger partial charge in [-0.05, 0) is 30.9 Å². The molecule has 0 unspecified atom stereocenters. The quantitative estimate of drug-likeness (QED) is 0.494. The average molecular weight is 379 g/mol. The third-order valence-corrected chi connectivity index (χ3v) is 6.36. The van der Waals surface area contributed by atoms with Crippen molar-refractivity contribution in [1.82, 2.24) is 19.6 Å². The normalized spacial score (nSPS) is 16.3. The number of nitrogens with zero attached hydrogens (tertiary/aromatic N) is 4. The molecule has 0 bridgehead atoms. The summed E-state index contributed by atoms with van der Waals surface area (Å²) in [6.45, 7) is 9.32. The number of hydrogen-bond acceptors (Lipinski definition) is 5. The molecule has 27 heavy (non-hydrogen) atoms. The van der Waals surface area contributed by atoms with E-state index in [1.807, 2.05) is 4.52 Å². The fourth-order valence-electron chi connectivity index (χ4n) is 3.68. The van der Waals surface area contributed by atoms with Gasteiger partial charge in [-0.2, -0.15) is 0 Å². The van der Waals surface area contributed by atoms with Gasteiger partial charge in [0.25, 0.3) is 0 Å². The van der Waals surface area contributed by atoms with Crippen LogP contribution in [0.4, 0.5) is 0 Å². The van der Waals surface area contributed by atoms with Crippen LogP contribution in [0.5, 0.6) is 0 Å². The number of fused-ring (bicyclic) bond motifs is 5. The largest absolute Gasteiger partial charge is 0.370 e. The maximum Gasteiger partial charge on any atom is 0.182 e. The lowest BCUT2D eigenvalue weighted by atomic mass is 9.94. The molecule has 4 heterocycles. The molecule has 0 spiro atoms. The summed E-state index contributed by atoms with van der Waals surface area (Å²) in [6.07, 6.45) is 2.64. The van der Waals surface area contributed by atoms with Gasteiger partial charge in [-0.15, -0.1) is 16.4 Å². The topological polar surface area (TPSA) is 52.3 Å². The predicted octanol–water partition coefficient (Wildman–Crippen LogP) is 4.98. The van der Waals surface area contributed by atoms with Gasteiger partial charge in [0.15, 0.2) is 11.5 Å².